The van der Waals surface area contributed by atoms with Crippen molar-refractivity contribution in [1.29, 1.82) is 0 Å². The van der Waals surface area contributed by atoms with Gasteiger partial charge in [0, 0.05) is 17.6 Å². The summed E-state index contributed by atoms with van der Waals surface area (Å²) < 4.78 is 2.29. The molecule has 0 saturated heterocycles. The number of hydrogen-bond acceptors (Lipinski definition) is 0. The lowest BCUT2D eigenvalue weighted by molar-refractivity contribution is 0.760. The zero-order valence-corrected chi connectivity index (χ0v) is 10.1. The second-order valence-electron chi connectivity index (χ2n) is 4.31. The predicted molar refractivity (Wildman–Crippen MR) is 69.1 cm³/mol. The molecule has 1 heterocycles. The third-order valence-corrected chi connectivity index (χ3v) is 2.93. The Kier molecular flexibility index (Phi) is 3.45. The van der Waals surface area contributed by atoms with Crippen LogP contribution in [0.15, 0.2) is 42.6 Å². The quantitative estimate of drug-likeness (QED) is 0.719. The van der Waals surface area contributed by atoms with E-state index in [1.807, 2.05) is 0 Å². The molecule has 1 nitrogen and oxygen atoms in total. The number of unbranched alkanes of at least 4 members (excludes halogenated alkanes) is 1. The Morgan fingerprint density at radius 1 is 1.06 bits per heavy atom. The zero-order chi connectivity index (χ0) is 11.4. The van der Waals surface area contributed by atoms with E-state index in [-0.39, 0.29) is 0 Å². The number of hydrogen-bond donors (Lipinski definition) is 0. The Bertz CT molecular complexity index is 437. The van der Waals surface area contributed by atoms with Crippen molar-refractivity contribution in [2.24, 2.45) is 0 Å². The predicted octanol–water partition coefficient (Wildman–Crippen LogP) is 4.13. The molecule has 0 aliphatic rings. The van der Waals surface area contributed by atoms with E-state index >= 15 is 0 Å². The Balaban J connectivity index is 2.26. The van der Waals surface area contributed by atoms with Gasteiger partial charge in [0.1, 0.15) is 0 Å². The van der Waals surface area contributed by atoms with Gasteiger partial charge in [0.15, 0.2) is 0 Å². The molecule has 0 aliphatic carbocycles. The van der Waals surface area contributed by atoms with Crippen molar-refractivity contribution in [2.75, 3.05) is 0 Å². The minimum atomic E-state index is 1.16. The molecule has 1 heteroatoms. The molecule has 0 bridgehead atoms. The molecule has 0 N–H and O–H groups in total. The van der Waals surface area contributed by atoms with Crippen molar-refractivity contribution in [3.63, 3.8) is 0 Å². The number of benzene rings is 1. The second kappa shape index (κ2) is 5.02. The van der Waals surface area contributed by atoms with Gasteiger partial charge >= 0.3 is 0 Å². The molecule has 0 saturated carbocycles. The van der Waals surface area contributed by atoms with E-state index in [2.05, 4.69) is 61.0 Å². The maximum absolute atomic E-state index is 2.29. The van der Waals surface area contributed by atoms with Crippen LogP contribution in [-0.4, -0.2) is 4.57 Å². The third-order valence-electron chi connectivity index (χ3n) is 2.93. The van der Waals surface area contributed by atoms with E-state index in [0.29, 0.717) is 0 Å². The maximum Gasteiger partial charge on any atom is 0.0452 e. The molecule has 0 amide bonds. The average molecular weight is 213 g/mol. The van der Waals surface area contributed by atoms with Crippen molar-refractivity contribution in [1.82, 2.24) is 4.57 Å². The van der Waals surface area contributed by atoms with E-state index < -0.39 is 0 Å². The average Bonchev–Trinajstić information content (AvgIpc) is 2.75. The maximum atomic E-state index is 2.29. The lowest BCUT2D eigenvalue weighted by Gasteiger charge is -2.09. The van der Waals surface area contributed by atoms with Crippen LogP contribution >= 0.6 is 0 Å². The Hall–Kier alpha value is -1.50. The summed E-state index contributed by atoms with van der Waals surface area (Å²) >= 11 is 0. The van der Waals surface area contributed by atoms with Crippen molar-refractivity contribution >= 4 is 0 Å². The van der Waals surface area contributed by atoms with E-state index in [0.717, 1.165) is 6.42 Å². The van der Waals surface area contributed by atoms with E-state index in [1.54, 1.807) is 0 Å². The molecule has 0 unspecified atom stereocenters. The molecular formula is C15H19N. The van der Waals surface area contributed by atoms with Gasteiger partial charge in [0.2, 0.25) is 0 Å². The van der Waals surface area contributed by atoms with Gasteiger partial charge in [0.05, 0.1) is 0 Å². The van der Waals surface area contributed by atoms with Crippen LogP contribution in [0.25, 0.3) is 5.69 Å². The lowest BCUT2D eigenvalue weighted by atomic mass is 10.2. The standard InChI is InChI=1S/C15H19N/c1-3-4-6-14-7-5-12-16(14)15-10-8-13(2)9-11-15/h5,7-12H,3-4,6H2,1-2H3. The van der Waals surface area contributed by atoms with Gasteiger partial charge in [-0.05, 0) is 44.0 Å². The number of aryl methyl sites for hydroxylation is 2. The number of aromatic nitrogens is 1. The summed E-state index contributed by atoms with van der Waals surface area (Å²) in [5.41, 5.74) is 3.98. The summed E-state index contributed by atoms with van der Waals surface area (Å²) in [6.07, 6.45) is 5.82. The molecule has 84 valence electrons. The Morgan fingerprint density at radius 3 is 2.50 bits per heavy atom. The van der Waals surface area contributed by atoms with Gasteiger partial charge in [-0.1, -0.05) is 31.0 Å². The van der Waals surface area contributed by atoms with E-state index in [1.165, 1.54) is 29.8 Å². The van der Waals surface area contributed by atoms with Crippen LogP contribution in [0.2, 0.25) is 0 Å². The molecule has 0 aliphatic heterocycles. The highest BCUT2D eigenvalue weighted by Crippen LogP contribution is 2.15. The topological polar surface area (TPSA) is 4.93 Å². The fourth-order valence-corrected chi connectivity index (χ4v) is 1.94. The summed E-state index contributed by atoms with van der Waals surface area (Å²) in [7, 11) is 0. The highest BCUT2D eigenvalue weighted by atomic mass is 15.0. The summed E-state index contributed by atoms with van der Waals surface area (Å²) in [5.74, 6) is 0. The van der Waals surface area contributed by atoms with Crippen LogP contribution in [0.1, 0.15) is 31.0 Å². The van der Waals surface area contributed by atoms with Crippen LogP contribution in [-0.2, 0) is 6.42 Å². The summed E-state index contributed by atoms with van der Waals surface area (Å²) in [6, 6.07) is 13.0. The highest BCUT2D eigenvalue weighted by Gasteiger charge is 2.02. The third kappa shape index (κ3) is 2.35. The molecule has 0 atom stereocenters. The summed E-state index contributed by atoms with van der Waals surface area (Å²) in [5, 5.41) is 0. The smallest absolute Gasteiger partial charge is 0.0452 e. The van der Waals surface area contributed by atoms with Crippen LogP contribution in [0, 0.1) is 6.92 Å². The normalized spacial score (nSPS) is 10.6. The van der Waals surface area contributed by atoms with Crippen LogP contribution in [0.5, 0.6) is 0 Å². The van der Waals surface area contributed by atoms with Crippen LogP contribution in [0.3, 0.4) is 0 Å². The first-order valence-electron chi connectivity index (χ1n) is 6.04. The van der Waals surface area contributed by atoms with Crippen molar-refractivity contribution < 1.29 is 0 Å². The monoisotopic (exact) mass is 213 g/mol. The minimum absolute atomic E-state index is 1.16. The van der Waals surface area contributed by atoms with E-state index in [9.17, 15) is 0 Å². The number of rotatable bonds is 4. The zero-order valence-electron chi connectivity index (χ0n) is 10.1. The van der Waals surface area contributed by atoms with Crippen LogP contribution in [0.4, 0.5) is 0 Å². The molecule has 0 spiro atoms. The minimum Gasteiger partial charge on any atom is -0.321 e. The fraction of sp³-hybridized carbons (Fsp3) is 0.333. The van der Waals surface area contributed by atoms with E-state index in [4.69, 9.17) is 0 Å². The molecule has 0 radical (unpaired) electrons. The molecule has 0 fully saturated rings. The molecular weight excluding hydrogens is 194 g/mol. The molecule has 1 aromatic carbocycles. The Labute approximate surface area is 97.7 Å². The summed E-state index contributed by atoms with van der Waals surface area (Å²) in [6.45, 7) is 4.36. The fourth-order valence-electron chi connectivity index (χ4n) is 1.94. The van der Waals surface area contributed by atoms with Crippen molar-refractivity contribution in [3.8, 4) is 5.69 Å². The first-order valence-corrected chi connectivity index (χ1v) is 6.04. The van der Waals surface area contributed by atoms with Gasteiger partial charge in [-0.25, -0.2) is 0 Å². The number of nitrogens with zero attached hydrogens (tertiary/aromatic N) is 1. The lowest BCUT2D eigenvalue weighted by Crippen LogP contribution is -1.98. The van der Waals surface area contributed by atoms with Gasteiger partial charge in [0.25, 0.3) is 0 Å². The molecule has 16 heavy (non-hydrogen) atoms. The highest BCUT2D eigenvalue weighted by molar-refractivity contribution is 5.37. The summed E-state index contributed by atoms with van der Waals surface area (Å²) in [4.78, 5) is 0. The Morgan fingerprint density at radius 2 is 1.81 bits per heavy atom. The van der Waals surface area contributed by atoms with Crippen molar-refractivity contribution in [2.45, 2.75) is 33.1 Å². The molecule has 2 rings (SSSR count). The van der Waals surface area contributed by atoms with Gasteiger partial charge in [-0.3, -0.25) is 0 Å². The molecule has 1 aromatic heterocycles. The second-order valence-corrected chi connectivity index (χ2v) is 4.31. The van der Waals surface area contributed by atoms with Crippen molar-refractivity contribution in [3.05, 3.63) is 53.9 Å². The van der Waals surface area contributed by atoms with Crippen LogP contribution < -0.4 is 0 Å². The first-order chi connectivity index (χ1) is 7.81. The largest absolute Gasteiger partial charge is 0.321 e. The van der Waals surface area contributed by atoms with Gasteiger partial charge in [-0.15, -0.1) is 0 Å². The van der Waals surface area contributed by atoms with Gasteiger partial charge < -0.3 is 4.57 Å². The molecule has 2 aromatic rings. The SMILES string of the molecule is CCCCc1cccn1-c1ccc(C)cc1. The first kappa shape index (κ1) is 11.0. The van der Waals surface area contributed by atoms with Gasteiger partial charge in [-0.2, -0.15) is 0 Å².